The monoisotopic (exact) mass is 277 g/mol. The van der Waals surface area contributed by atoms with Crippen molar-refractivity contribution < 1.29 is 4.42 Å². The molecule has 4 nitrogen and oxygen atoms in total. The van der Waals surface area contributed by atoms with E-state index in [0.29, 0.717) is 0 Å². The Morgan fingerprint density at radius 1 is 1.32 bits per heavy atom. The molecule has 0 unspecified atom stereocenters. The minimum Gasteiger partial charge on any atom is -0.468 e. The summed E-state index contributed by atoms with van der Waals surface area (Å²) >= 11 is 1.70. The maximum Gasteiger partial charge on any atom is 0.133 e. The molecular formula is C14H19N3OS. The van der Waals surface area contributed by atoms with E-state index >= 15 is 0 Å². The lowest BCUT2D eigenvalue weighted by Crippen LogP contribution is -2.06. The Hall–Kier alpha value is -1.49. The topological polar surface area (TPSA) is 51.0 Å². The largest absolute Gasteiger partial charge is 0.468 e. The standard InChI is InChI=1S/C14H19N3OS/c1-3-6-12-13(15-4-2)16-10-17-14(12)19-9-11-7-5-8-18-11/h5,7-8,10H,3-4,6,9H2,1-2H3,(H,15,16,17). The Kier molecular flexibility index (Phi) is 5.27. The molecule has 2 rings (SSSR count). The van der Waals surface area contributed by atoms with Gasteiger partial charge in [0.2, 0.25) is 0 Å². The lowest BCUT2D eigenvalue weighted by atomic mass is 10.2. The zero-order chi connectivity index (χ0) is 13.5. The van der Waals surface area contributed by atoms with Crippen LogP contribution in [0.25, 0.3) is 0 Å². The number of nitrogens with one attached hydrogen (secondary N) is 1. The highest BCUT2D eigenvalue weighted by Crippen LogP contribution is 2.28. The average Bonchev–Trinajstić information content (AvgIpc) is 2.93. The zero-order valence-electron chi connectivity index (χ0n) is 11.3. The van der Waals surface area contributed by atoms with Gasteiger partial charge in [0.1, 0.15) is 22.9 Å². The van der Waals surface area contributed by atoms with Gasteiger partial charge in [0.15, 0.2) is 0 Å². The third-order valence-corrected chi connectivity index (χ3v) is 3.74. The molecule has 102 valence electrons. The van der Waals surface area contributed by atoms with Crippen molar-refractivity contribution in [2.45, 2.75) is 37.5 Å². The molecule has 2 aromatic rings. The minimum absolute atomic E-state index is 0.798. The number of aromatic nitrogens is 2. The summed E-state index contributed by atoms with van der Waals surface area (Å²) in [6.07, 6.45) is 5.40. The maximum absolute atomic E-state index is 5.35. The second kappa shape index (κ2) is 7.19. The summed E-state index contributed by atoms with van der Waals surface area (Å²) in [5, 5.41) is 4.35. The van der Waals surface area contributed by atoms with E-state index in [4.69, 9.17) is 4.42 Å². The first-order valence-corrected chi connectivity index (χ1v) is 7.56. The molecular weight excluding hydrogens is 258 g/mol. The molecule has 0 radical (unpaired) electrons. The molecule has 0 aliphatic heterocycles. The van der Waals surface area contributed by atoms with Gasteiger partial charge in [-0.05, 0) is 25.5 Å². The SMILES string of the molecule is CCCc1c(NCC)ncnc1SCc1ccco1. The number of hydrogen-bond donors (Lipinski definition) is 1. The van der Waals surface area contributed by atoms with Crippen LogP contribution in [-0.2, 0) is 12.2 Å². The fraction of sp³-hybridized carbons (Fsp3) is 0.429. The highest BCUT2D eigenvalue weighted by atomic mass is 32.2. The second-order valence-electron chi connectivity index (χ2n) is 4.15. The summed E-state index contributed by atoms with van der Waals surface area (Å²) in [6.45, 7) is 5.12. The van der Waals surface area contributed by atoms with Crippen molar-refractivity contribution in [3.63, 3.8) is 0 Å². The maximum atomic E-state index is 5.35. The molecule has 0 amide bonds. The van der Waals surface area contributed by atoms with Gasteiger partial charge in [-0.3, -0.25) is 0 Å². The average molecular weight is 277 g/mol. The number of nitrogens with zero attached hydrogens (tertiary/aromatic N) is 2. The molecule has 0 aromatic carbocycles. The van der Waals surface area contributed by atoms with E-state index in [0.717, 1.165) is 41.7 Å². The smallest absolute Gasteiger partial charge is 0.133 e. The normalized spacial score (nSPS) is 10.6. The van der Waals surface area contributed by atoms with E-state index in [1.165, 1.54) is 5.56 Å². The van der Waals surface area contributed by atoms with Crippen LogP contribution in [0.4, 0.5) is 5.82 Å². The Morgan fingerprint density at radius 3 is 2.89 bits per heavy atom. The first kappa shape index (κ1) is 13.9. The lowest BCUT2D eigenvalue weighted by Gasteiger charge is -2.12. The molecule has 5 heteroatoms. The molecule has 0 atom stereocenters. The minimum atomic E-state index is 0.798. The van der Waals surface area contributed by atoms with Crippen molar-refractivity contribution in [3.05, 3.63) is 36.0 Å². The van der Waals surface area contributed by atoms with Crippen LogP contribution in [-0.4, -0.2) is 16.5 Å². The van der Waals surface area contributed by atoms with E-state index in [9.17, 15) is 0 Å². The zero-order valence-corrected chi connectivity index (χ0v) is 12.2. The summed E-state index contributed by atoms with van der Waals surface area (Å²) in [7, 11) is 0. The molecule has 0 bridgehead atoms. The Labute approximate surface area is 118 Å². The fourth-order valence-corrected chi connectivity index (χ4v) is 2.79. The molecule has 0 saturated heterocycles. The molecule has 1 N–H and O–H groups in total. The van der Waals surface area contributed by atoms with Crippen LogP contribution in [0, 0.1) is 0 Å². The first-order valence-electron chi connectivity index (χ1n) is 6.58. The highest BCUT2D eigenvalue weighted by molar-refractivity contribution is 7.98. The third-order valence-electron chi connectivity index (χ3n) is 2.68. The molecule has 0 aliphatic rings. The highest BCUT2D eigenvalue weighted by Gasteiger charge is 2.11. The summed E-state index contributed by atoms with van der Waals surface area (Å²) in [5.41, 5.74) is 1.21. The van der Waals surface area contributed by atoms with Crippen LogP contribution in [0.3, 0.4) is 0 Å². The van der Waals surface area contributed by atoms with Gasteiger partial charge in [0, 0.05) is 12.1 Å². The Morgan fingerprint density at radius 2 is 2.21 bits per heavy atom. The van der Waals surface area contributed by atoms with Gasteiger partial charge in [-0.1, -0.05) is 25.1 Å². The third kappa shape index (κ3) is 3.73. The molecule has 19 heavy (non-hydrogen) atoms. The predicted molar refractivity (Wildman–Crippen MR) is 78.5 cm³/mol. The number of rotatable bonds is 7. The molecule has 0 fully saturated rings. The predicted octanol–water partition coefficient (Wildman–Crippen LogP) is 3.75. The summed E-state index contributed by atoms with van der Waals surface area (Å²) in [4.78, 5) is 8.74. The Bertz CT molecular complexity index is 499. The van der Waals surface area contributed by atoms with Crippen LogP contribution >= 0.6 is 11.8 Å². The molecule has 0 spiro atoms. The summed E-state index contributed by atoms with van der Waals surface area (Å²) in [5.74, 6) is 2.73. The van der Waals surface area contributed by atoms with Crippen molar-refractivity contribution in [2.75, 3.05) is 11.9 Å². The van der Waals surface area contributed by atoms with Gasteiger partial charge >= 0.3 is 0 Å². The second-order valence-corrected chi connectivity index (χ2v) is 5.12. The first-order chi connectivity index (χ1) is 9.35. The molecule has 0 aliphatic carbocycles. The summed E-state index contributed by atoms with van der Waals surface area (Å²) in [6, 6.07) is 3.89. The number of anilines is 1. The van der Waals surface area contributed by atoms with Gasteiger partial charge in [0.25, 0.3) is 0 Å². The van der Waals surface area contributed by atoms with E-state index in [1.54, 1.807) is 24.4 Å². The molecule has 0 saturated carbocycles. The number of thioether (sulfide) groups is 1. The van der Waals surface area contributed by atoms with Crippen LogP contribution in [0.5, 0.6) is 0 Å². The van der Waals surface area contributed by atoms with Gasteiger partial charge in [-0.15, -0.1) is 0 Å². The van der Waals surface area contributed by atoms with Gasteiger partial charge in [0.05, 0.1) is 12.0 Å². The summed E-state index contributed by atoms with van der Waals surface area (Å²) < 4.78 is 5.35. The fourth-order valence-electron chi connectivity index (χ4n) is 1.85. The quantitative estimate of drug-likeness (QED) is 0.617. The number of furan rings is 1. The molecule has 2 heterocycles. The van der Waals surface area contributed by atoms with Crippen LogP contribution < -0.4 is 5.32 Å². The van der Waals surface area contributed by atoms with E-state index in [1.807, 2.05) is 12.1 Å². The van der Waals surface area contributed by atoms with Gasteiger partial charge < -0.3 is 9.73 Å². The van der Waals surface area contributed by atoms with Crippen molar-refractivity contribution >= 4 is 17.6 Å². The van der Waals surface area contributed by atoms with Crippen LogP contribution in [0.15, 0.2) is 34.2 Å². The Balaban J connectivity index is 2.15. The van der Waals surface area contributed by atoms with Crippen LogP contribution in [0.1, 0.15) is 31.6 Å². The van der Waals surface area contributed by atoms with Crippen molar-refractivity contribution in [1.82, 2.24) is 9.97 Å². The van der Waals surface area contributed by atoms with Crippen molar-refractivity contribution in [1.29, 1.82) is 0 Å². The van der Waals surface area contributed by atoms with E-state index in [-0.39, 0.29) is 0 Å². The van der Waals surface area contributed by atoms with Gasteiger partial charge in [-0.2, -0.15) is 0 Å². The van der Waals surface area contributed by atoms with E-state index in [2.05, 4.69) is 29.1 Å². The van der Waals surface area contributed by atoms with Crippen molar-refractivity contribution in [2.24, 2.45) is 0 Å². The number of hydrogen-bond acceptors (Lipinski definition) is 5. The van der Waals surface area contributed by atoms with Crippen LogP contribution in [0.2, 0.25) is 0 Å². The van der Waals surface area contributed by atoms with Gasteiger partial charge in [-0.25, -0.2) is 9.97 Å². The molecule has 2 aromatic heterocycles. The van der Waals surface area contributed by atoms with E-state index < -0.39 is 0 Å². The lowest BCUT2D eigenvalue weighted by molar-refractivity contribution is 0.530. The van der Waals surface area contributed by atoms with Crippen molar-refractivity contribution in [3.8, 4) is 0 Å².